The SMILES string of the molecule is CC[C@@H](N)c1ccc(N(C)CC2CCOCC2)cc1. The third-order valence-corrected chi connectivity index (χ3v) is 4.07. The molecular weight excluding hydrogens is 236 g/mol. The van der Waals surface area contributed by atoms with Crippen LogP contribution in [0, 0.1) is 5.92 Å². The molecule has 1 aliphatic rings. The Morgan fingerprint density at radius 1 is 1.26 bits per heavy atom. The van der Waals surface area contributed by atoms with E-state index in [9.17, 15) is 0 Å². The van der Waals surface area contributed by atoms with Gasteiger partial charge in [-0.1, -0.05) is 19.1 Å². The minimum atomic E-state index is 0.162. The Balaban J connectivity index is 1.93. The Morgan fingerprint density at radius 2 is 1.89 bits per heavy atom. The van der Waals surface area contributed by atoms with E-state index in [1.54, 1.807) is 0 Å². The monoisotopic (exact) mass is 262 g/mol. The molecule has 1 aliphatic heterocycles. The van der Waals surface area contributed by atoms with Gasteiger partial charge in [0, 0.05) is 38.5 Å². The van der Waals surface area contributed by atoms with Gasteiger partial charge in [-0.25, -0.2) is 0 Å². The molecule has 3 nitrogen and oxygen atoms in total. The van der Waals surface area contributed by atoms with E-state index in [4.69, 9.17) is 10.5 Å². The van der Waals surface area contributed by atoms with Crippen molar-refractivity contribution in [3.8, 4) is 0 Å². The van der Waals surface area contributed by atoms with E-state index in [2.05, 4.69) is 43.1 Å². The zero-order valence-electron chi connectivity index (χ0n) is 12.1. The molecule has 0 radical (unpaired) electrons. The summed E-state index contributed by atoms with van der Waals surface area (Å²) in [5.41, 5.74) is 8.55. The van der Waals surface area contributed by atoms with Gasteiger partial charge in [-0.2, -0.15) is 0 Å². The third kappa shape index (κ3) is 3.95. The zero-order valence-corrected chi connectivity index (χ0v) is 12.1. The first-order valence-corrected chi connectivity index (χ1v) is 7.35. The smallest absolute Gasteiger partial charge is 0.0469 e. The summed E-state index contributed by atoms with van der Waals surface area (Å²) in [6.07, 6.45) is 3.35. The third-order valence-electron chi connectivity index (χ3n) is 4.07. The number of ether oxygens (including phenoxy) is 1. The molecule has 106 valence electrons. The van der Waals surface area contributed by atoms with Crippen molar-refractivity contribution >= 4 is 5.69 Å². The molecule has 1 fully saturated rings. The number of nitrogens with zero attached hydrogens (tertiary/aromatic N) is 1. The highest BCUT2D eigenvalue weighted by Crippen LogP contribution is 2.22. The van der Waals surface area contributed by atoms with E-state index in [0.717, 1.165) is 32.1 Å². The maximum absolute atomic E-state index is 6.04. The van der Waals surface area contributed by atoms with Gasteiger partial charge < -0.3 is 15.4 Å². The maximum atomic E-state index is 6.04. The van der Waals surface area contributed by atoms with Crippen LogP contribution in [0.5, 0.6) is 0 Å². The minimum absolute atomic E-state index is 0.162. The van der Waals surface area contributed by atoms with Crippen LogP contribution >= 0.6 is 0 Å². The summed E-state index contributed by atoms with van der Waals surface area (Å²) in [4.78, 5) is 2.34. The lowest BCUT2D eigenvalue weighted by Crippen LogP contribution is -2.29. The molecule has 2 N–H and O–H groups in total. The van der Waals surface area contributed by atoms with E-state index >= 15 is 0 Å². The van der Waals surface area contributed by atoms with Crippen LogP contribution in [0.15, 0.2) is 24.3 Å². The summed E-state index contributed by atoms with van der Waals surface area (Å²) in [6, 6.07) is 8.84. The number of rotatable bonds is 5. The van der Waals surface area contributed by atoms with Crippen LogP contribution in [0.2, 0.25) is 0 Å². The van der Waals surface area contributed by atoms with Crippen LogP contribution in [0.25, 0.3) is 0 Å². The van der Waals surface area contributed by atoms with Crippen molar-refractivity contribution in [2.75, 3.05) is 31.7 Å². The molecule has 0 unspecified atom stereocenters. The largest absolute Gasteiger partial charge is 0.381 e. The predicted octanol–water partition coefficient (Wildman–Crippen LogP) is 2.96. The van der Waals surface area contributed by atoms with Crippen molar-refractivity contribution < 1.29 is 4.74 Å². The molecule has 1 saturated heterocycles. The first-order valence-electron chi connectivity index (χ1n) is 7.35. The normalized spacial score (nSPS) is 18.3. The second-order valence-electron chi connectivity index (χ2n) is 5.54. The topological polar surface area (TPSA) is 38.5 Å². The Labute approximate surface area is 116 Å². The highest BCUT2D eigenvalue weighted by Gasteiger charge is 2.16. The Kier molecular flexibility index (Phi) is 5.23. The average molecular weight is 262 g/mol. The molecule has 1 heterocycles. The lowest BCUT2D eigenvalue weighted by molar-refractivity contribution is 0.0685. The number of hydrogen-bond acceptors (Lipinski definition) is 3. The summed E-state index contributed by atoms with van der Waals surface area (Å²) >= 11 is 0. The highest BCUT2D eigenvalue weighted by atomic mass is 16.5. The number of nitrogens with two attached hydrogens (primary N) is 1. The molecule has 3 heteroatoms. The minimum Gasteiger partial charge on any atom is -0.381 e. The standard InChI is InChI=1S/C16H26N2O/c1-3-16(17)14-4-6-15(7-5-14)18(2)12-13-8-10-19-11-9-13/h4-7,13,16H,3,8-12,17H2,1-2H3/t16-/m1/s1. The molecule has 0 bridgehead atoms. The van der Waals surface area contributed by atoms with E-state index in [0.29, 0.717) is 0 Å². The van der Waals surface area contributed by atoms with Crippen molar-refractivity contribution in [3.05, 3.63) is 29.8 Å². The molecule has 19 heavy (non-hydrogen) atoms. The molecule has 1 aromatic rings. The van der Waals surface area contributed by atoms with Crippen LogP contribution in [0.4, 0.5) is 5.69 Å². The van der Waals surface area contributed by atoms with Crippen molar-refractivity contribution in [1.82, 2.24) is 0 Å². The molecule has 0 amide bonds. The fourth-order valence-corrected chi connectivity index (χ4v) is 2.63. The first kappa shape index (κ1) is 14.4. The lowest BCUT2D eigenvalue weighted by atomic mass is 9.99. The van der Waals surface area contributed by atoms with Crippen molar-refractivity contribution in [2.45, 2.75) is 32.2 Å². The molecule has 1 atom stereocenters. The molecule has 2 rings (SSSR count). The molecule has 0 spiro atoms. The van der Waals surface area contributed by atoms with Gasteiger partial charge >= 0.3 is 0 Å². The summed E-state index contributed by atoms with van der Waals surface area (Å²) in [6.45, 7) is 5.07. The Bertz CT molecular complexity index is 371. The Hall–Kier alpha value is -1.06. The quantitative estimate of drug-likeness (QED) is 0.886. The molecular formula is C16H26N2O. The van der Waals surface area contributed by atoms with E-state index in [1.165, 1.54) is 24.1 Å². The number of anilines is 1. The van der Waals surface area contributed by atoms with E-state index < -0.39 is 0 Å². The summed E-state index contributed by atoms with van der Waals surface area (Å²) in [7, 11) is 2.17. The van der Waals surface area contributed by atoms with Crippen LogP contribution in [-0.2, 0) is 4.74 Å². The van der Waals surface area contributed by atoms with Crippen LogP contribution < -0.4 is 10.6 Å². The number of benzene rings is 1. The van der Waals surface area contributed by atoms with Crippen molar-refractivity contribution in [3.63, 3.8) is 0 Å². The fourth-order valence-electron chi connectivity index (χ4n) is 2.63. The van der Waals surface area contributed by atoms with Gasteiger partial charge in [0.2, 0.25) is 0 Å². The van der Waals surface area contributed by atoms with Crippen LogP contribution in [0.1, 0.15) is 37.8 Å². The van der Waals surface area contributed by atoms with E-state index in [-0.39, 0.29) is 6.04 Å². The molecule has 0 aliphatic carbocycles. The predicted molar refractivity (Wildman–Crippen MR) is 80.5 cm³/mol. The lowest BCUT2D eigenvalue weighted by Gasteiger charge is -2.28. The van der Waals surface area contributed by atoms with Gasteiger partial charge in [0.1, 0.15) is 0 Å². The van der Waals surface area contributed by atoms with Gasteiger partial charge in [0.05, 0.1) is 0 Å². The van der Waals surface area contributed by atoms with Crippen molar-refractivity contribution in [1.29, 1.82) is 0 Å². The van der Waals surface area contributed by atoms with E-state index in [1.807, 2.05) is 0 Å². The second kappa shape index (κ2) is 6.92. The second-order valence-corrected chi connectivity index (χ2v) is 5.54. The summed E-state index contributed by atoms with van der Waals surface area (Å²) < 4.78 is 5.41. The molecule has 0 aromatic heterocycles. The molecule has 0 saturated carbocycles. The summed E-state index contributed by atoms with van der Waals surface area (Å²) in [5.74, 6) is 0.760. The van der Waals surface area contributed by atoms with Crippen molar-refractivity contribution in [2.24, 2.45) is 11.7 Å². The summed E-state index contributed by atoms with van der Waals surface area (Å²) in [5, 5.41) is 0. The highest BCUT2D eigenvalue weighted by molar-refractivity contribution is 5.47. The average Bonchev–Trinajstić information content (AvgIpc) is 2.47. The van der Waals surface area contributed by atoms with Crippen LogP contribution in [-0.4, -0.2) is 26.8 Å². The zero-order chi connectivity index (χ0) is 13.7. The maximum Gasteiger partial charge on any atom is 0.0469 e. The Morgan fingerprint density at radius 3 is 2.47 bits per heavy atom. The van der Waals surface area contributed by atoms with Gasteiger partial charge in [-0.15, -0.1) is 0 Å². The van der Waals surface area contributed by atoms with Gasteiger partial charge in [-0.3, -0.25) is 0 Å². The van der Waals surface area contributed by atoms with Gasteiger partial charge in [0.25, 0.3) is 0 Å². The number of hydrogen-bond donors (Lipinski definition) is 1. The van der Waals surface area contributed by atoms with Gasteiger partial charge in [0.15, 0.2) is 0 Å². The molecule has 1 aromatic carbocycles. The first-order chi connectivity index (χ1) is 9.20. The van der Waals surface area contributed by atoms with Gasteiger partial charge in [-0.05, 0) is 42.9 Å². The van der Waals surface area contributed by atoms with Crippen LogP contribution in [0.3, 0.4) is 0 Å². The fraction of sp³-hybridized carbons (Fsp3) is 0.625.